The van der Waals surface area contributed by atoms with Crippen LogP contribution in [-0.4, -0.2) is 15.9 Å². The maximum absolute atomic E-state index is 10.8. The van der Waals surface area contributed by atoms with Gasteiger partial charge in [0, 0.05) is 0 Å². The summed E-state index contributed by atoms with van der Waals surface area (Å²) in [5.41, 5.74) is 0.810. The molecule has 1 amide bonds. The molecule has 1 aromatic rings. The van der Waals surface area contributed by atoms with Crippen molar-refractivity contribution in [3.05, 3.63) is 22.4 Å². The molecule has 0 unspecified atom stereocenters. The van der Waals surface area contributed by atoms with Crippen LogP contribution < -0.4 is 11.0 Å². The first kappa shape index (κ1) is 6.09. The Morgan fingerprint density at radius 3 is 3.09 bits per heavy atom. The number of hydrogen-bond acceptors (Lipinski definition) is 3. The van der Waals surface area contributed by atoms with Crippen LogP contribution in [0.1, 0.15) is 5.69 Å². The first-order valence-corrected chi connectivity index (χ1v) is 3.14. The number of carbonyl (C=O) groups excluding carboxylic acids is 1. The fourth-order valence-corrected chi connectivity index (χ4v) is 1.03. The van der Waals surface area contributed by atoms with Crippen molar-refractivity contribution in [1.82, 2.24) is 9.97 Å². The van der Waals surface area contributed by atoms with Crippen LogP contribution in [0.2, 0.25) is 0 Å². The SMILES string of the molecule is O=C1Cc2[nH]c(=O)ncc2N1. The minimum atomic E-state index is -0.416. The fourth-order valence-electron chi connectivity index (χ4n) is 1.03. The molecule has 2 heterocycles. The van der Waals surface area contributed by atoms with Gasteiger partial charge in [-0.1, -0.05) is 0 Å². The molecule has 56 valence electrons. The van der Waals surface area contributed by atoms with Gasteiger partial charge in [0.15, 0.2) is 0 Å². The number of rotatable bonds is 0. The average molecular weight is 151 g/mol. The van der Waals surface area contributed by atoms with Gasteiger partial charge in [-0.25, -0.2) is 4.79 Å². The van der Waals surface area contributed by atoms with E-state index in [-0.39, 0.29) is 12.3 Å². The molecular weight excluding hydrogens is 146 g/mol. The van der Waals surface area contributed by atoms with E-state index in [2.05, 4.69) is 15.3 Å². The van der Waals surface area contributed by atoms with Gasteiger partial charge in [0.05, 0.1) is 24.0 Å². The second-order valence-corrected chi connectivity index (χ2v) is 2.31. The molecule has 11 heavy (non-hydrogen) atoms. The van der Waals surface area contributed by atoms with Crippen LogP contribution in [0.25, 0.3) is 0 Å². The van der Waals surface area contributed by atoms with E-state index in [1.165, 1.54) is 6.20 Å². The molecule has 0 fully saturated rings. The number of anilines is 1. The molecule has 0 bridgehead atoms. The third-order valence-electron chi connectivity index (χ3n) is 1.51. The predicted molar refractivity (Wildman–Crippen MR) is 37.2 cm³/mol. The molecule has 2 N–H and O–H groups in total. The summed E-state index contributed by atoms with van der Waals surface area (Å²) in [4.78, 5) is 27.3. The van der Waals surface area contributed by atoms with E-state index in [9.17, 15) is 9.59 Å². The summed E-state index contributed by atoms with van der Waals surface area (Å²) < 4.78 is 0. The number of fused-ring (bicyclic) bond motifs is 1. The second-order valence-electron chi connectivity index (χ2n) is 2.31. The van der Waals surface area contributed by atoms with Crippen LogP contribution in [0, 0.1) is 0 Å². The number of aromatic nitrogens is 2. The summed E-state index contributed by atoms with van der Waals surface area (Å²) in [5, 5.41) is 2.55. The lowest BCUT2D eigenvalue weighted by atomic mass is 10.3. The number of H-pyrrole nitrogens is 1. The molecule has 5 nitrogen and oxygen atoms in total. The molecule has 1 aromatic heterocycles. The molecule has 2 rings (SSSR count). The van der Waals surface area contributed by atoms with Crippen molar-refractivity contribution in [1.29, 1.82) is 0 Å². The minimum absolute atomic E-state index is 0.108. The Morgan fingerprint density at radius 1 is 1.45 bits per heavy atom. The lowest BCUT2D eigenvalue weighted by Crippen LogP contribution is -2.10. The Kier molecular flexibility index (Phi) is 1.06. The van der Waals surface area contributed by atoms with Crippen molar-refractivity contribution in [3.8, 4) is 0 Å². The summed E-state index contributed by atoms with van der Waals surface area (Å²) in [6, 6.07) is 0. The normalized spacial score (nSPS) is 14.4. The topological polar surface area (TPSA) is 74.8 Å². The van der Waals surface area contributed by atoms with Crippen molar-refractivity contribution in [2.24, 2.45) is 0 Å². The van der Waals surface area contributed by atoms with Gasteiger partial charge in [0.2, 0.25) is 5.91 Å². The molecule has 5 heteroatoms. The van der Waals surface area contributed by atoms with E-state index >= 15 is 0 Å². The van der Waals surface area contributed by atoms with Crippen LogP contribution in [0.3, 0.4) is 0 Å². The van der Waals surface area contributed by atoms with Crippen LogP contribution in [0.15, 0.2) is 11.0 Å². The highest BCUT2D eigenvalue weighted by Crippen LogP contribution is 2.16. The third-order valence-corrected chi connectivity index (χ3v) is 1.51. The zero-order valence-corrected chi connectivity index (χ0v) is 5.55. The molecule has 0 radical (unpaired) electrons. The highest BCUT2D eigenvalue weighted by Gasteiger charge is 2.17. The molecule has 1 aliphatic heterocycles. The quantitative estimate of drug-likeness (QED) is 0.513. The Bertz CT molecular complexity index is 368. The maximum Gasteiger partial charge on any atom is 0.345 e. The van der Waals surface area contributed by atoms with Crippen LogP contribution >= 0.6 is 0 Å². The lowest BCUT2D eigenvalue weighted by Gasteiger charge is -1.92. The van der Waals surface area contributed by atoms with Gasteiger partial charge in [-0.15, -0.1) is 0 Å². The monoisotopic (exact) mass is 151 g/mol. The van der Waals surface area contributed by atoms with Crippen molar-refractivity contribution >= 4 is 11.6 Å². The van der Waals surface area contributed by atoms with Gasteiger partial charge in [-0.05, 0) is 0 Å². The van der Waals surface area contributed by atoms with E-state index in [0.29, 0.717) is 11.4 Å². The van der Waals surface area contributed by atoms with Crippen LogP contribution in [0.4, 0.5) is 5.69 Å². The van der Waals surface area contributed by atoms with E-state index in [1.807, 2.05) is 0 Å². The van der Waals surface area contributed by atoms with Gasteiger partial charge in [0.25, 0.3) is 0 Å². The molecule has 0 saturated heterocycles. The summed E-state index contributed by atoms with van der Waals surface area (Å²) >= 11 is 0. The molecule has 0 atom stereocenters. The number of carbonyl (C=O) groups is 1. The van der Waals surface area contributed by atoms with Gasteiger partial charge in [0.1, 0.15) is 0 Å². The first-order chi connectivity index (χ1) is 5.25. The van der Waals surface area contributed by atoms with E-state index < -0.39 is 5.69 Å². The van der Waals surface area contributed by atoms with Gasteiger partial charge >= 0.3 is 5.69 Å². The molecule has 0 spiro atoms. The lowest BCUT2D eigenvalue weighted by molar-refractivity contribution is -0.115. The Morgan fingerprint density at radius 2 is 2.27 bits per heavy atom. The first-order valence-electron chi connectivity index (χ1n) is 3.14. The molecular formula is C6H5N3O2. The Labute approximate surface area is 61.5 Å². The number of nitrogens with one attached hydrogen (secondary N) is 2. The maximum atomic E-state index is 10.8. The average Bonchev–Trinajstić information content (AvgIpc) is 2.27. The van der Waals surface area contributed by atoms with Crippen LogP contribution in [0.5, 0.6) is 0 Å². The van der Waals surface area contributed by atoms with E-state index in [0.717, 1.165) is 0 Å². The predicted octanol–water partition coefficient (Wildman–Crippen LogP) is -0.736. The van der Waals surface area contributed by atoms with Gasteiger partial charge in [-0.2, -0.15) is 4.98 Å². The van der Waals surface area contributed by atoms with Crippen molar-refractivity contribution in [3.63, 3.8) is 0 Å². The number of hydrogen-bond donors (Lipinski definition) is 2. The third kappa shape index (κ3) is 0.899. The van der Waals surface area contributed by atoms with Gasteiger partial charge in [-0.3, -0.25) is 4.79 Å². The molecule has 0 saturated carbocycles. The fraction of sp³-hybridized carbons (Fsp3) is 0.167. The molecule has 1 aliphatic rings. The van der Waals surface area contributed by atoms with Crippen molar-refractivity contribution < 1.29 is 4.79 Å². The summed E-state index contributed by atoms with van der Waals surface area (Å²) in [5.74, 6) is -0.108. The molecule has 0 aliphatic carbocycles. The largest absolute Gasteiger partial charge is 0.345 e. The van der Waals surface area contributed by atoms with Crippen LogP contribution in [-0.2, 0) is 11.2 Å². The zero-order valence-electron chi connectivity index (χ0n) is 5.55. The van der Waals surface area contributed by atoms with Crippen molar-refractivity contribution in [2.45, 2.75) is 6.42 Å². The zero-order chi connectivity index (χ0) is 7.84. The smallest absolute Gasteiger partial charge is 0.323 e. The number of aromatic amines is 1. The van der Waals surface area contributed by atoms with Crippen molar-refractivity contribution in [2.75, 3.05) is 5.32 Å². The molecule has 0 aromatic carbocycles. The summed E-state index contributed by atoms with van der Waals surface area (Å²) in [6.45, 7) is 0. The Hall–Kier alpha value is -1.65. The van der Waals surface area contributed by atoms with E-state index in [4.69, 9.17) is 0 Å². The standard InChI is InChI=1S/C6H5N3O2/c10-5-1-3-4(8-5)2-7-6(11)9-3/h2H,1H2,(H,8,10)(H,7,9,11). The van der Waals surface area contributed by atoms with E-state index in [1.54, 1.807) is 0 Å². The Balaban J connectivity index is 2.59. The number of amides is 1. The summed E-state index contributed by atoms with van der Waals surface area (Å²) in [7, 11) is 0. The number of nitrogens with zero attached hydrogens (tertiary/aromatic N) is 1. The highest BCUT2D eigenvalue weighted by atomic mass is 16.2. The highest BCUT2D eigenvalue weighted by molar-refractivity contribution is 5.98. The van der Waals surface area contributed by atoms with Gasteiger partial charge < -0.3 is 10.3 Å². The minimum Gasteiger partial charge on any atom is -0.323 e. The summed E-state index contributed by atoms with van der Waals surface area (Å²) in [6.07, 6.45) is 1.60. The second kappa shape index (κ2) is 1.91.